The molecule has 0 aliphatic carbocycles. The molecule has 4 N–H and O–H groups in total. The van der Waals surface area contributed by atoms with Crippen molar-refractivity contribution in [1.82, 2.24) is 10.6 Å². The van der Waals surface area contributed by atoms with Crippen molar-refractivity contribution >= 4 is 63.7 Å². The molecule has 0 saturated heterocycles. The molecule has 0 aliphatic rings. The van der Waals surface area contributed by atoms with Crippen molar-refractivity contribution < 1.29 is 9.90 Å². The number of hydrogen-bond acceptors (Lipinski definition) is 3. The third kappa shape index (κ3) is 6.13. The van der Waals surface area contributed by atoms with Gasteiger partial charge in [0.05, 0.1) is 5.69 Å². The second-order valence-corrected chi connectivity index (χ2v) is 6.79. The maximum absolute atomic E-state index is 11.4. The fraction of sp³-hybridized carbons (Fsp3) is 0.333. The van der Waals surface area contributed by atoms with Gasteiger partial charge in [-0.25, -0.2) is 0 Å². The van der Waals surface area contributed by atoms with E-state index in [9.17, 15) is 9.90 Å². The van der Waals surface area contributed by atoms with Crippen LogP contribution < -0.4 is 16.0 Å². The minimum absolute atomic E-state index is 0.0182. The highest BCUT2D eigenvalue weighted by atomic mass is 35.6. The Morgan fingerprint density at radius 2 is 1.95 bits per heavy atom. The molecule has 1 unspecified atom stereocenters. The van der Waals surface area contributed by atoms with Gasteiger partial charge in [-0.2, -0.15) is 0 Å². The second kappa shape index (κ2) is 7.89. The van der Waals surface area contributed by atoms with Gasteiger partial charge in [0.1, 0.15) is 11.9 Å². The summed E-state index contributed by atoms with van der Waals surface area (Å²) in [5.41, 5.74) is 0.389. The number of anilines is 1. The lowest BCUT2D eigenvalue weighted by molar-refractivity contribution is -0.121. The van der Waals surface area contributed by atoms with Gasteiger partial charge >= 0.3 is 0 Å². The number of hydrogen-bond donors (Lipinski definition) is 4. The Kier molecular flexibility index (Phi) is 6.80. The van der Waals surface area contributed by atoms with Crippen molar-refractivity contribution in [2.24, 2.45) is 0 Å². The van der Waals surface area contributed by atoms with E-state index in [1.807, 2.05) is 0 Å². The molecule has 5 nitrogen and oxygen atoms in total. The van der Waals surface area contributed by atoms with Crippen LogP contribution in [0.2, 0.25) is 0 Å². The van der Waals surface area contributed by atoms with Crippen molar-refractivity contribution in [3.05, 3.63) is 24.3 Å². The smallest absolute Gasteiger partial charge is 0.228 e. The summed E-state index contributed by atoms with van der Waals surface area (Å²) in [5.74, 6) is -0.283. The van der Waals surface area contributed by atoms with Crippen molar-refractivity contribution in [2.45, 2.75) is 23.3 Å². The predicted molar refractivity (Wildman–Crippen MR) is 90.0 cm³/mol. The molecule has 1 rings (SSSR count). The van der Waals surface area contributed by atoms with Crippen LogP contribution in [-0.4, -0.2) is 26.1 Å². The topological polar surface area (TPSA) is 73.4 Å². The second-order valence-electron chi connectivity index (χ2n) is 4.01. The van der Waals surface area contributed by atoms with Gasteiger partial charge in [0.2, 0.25) is 9.70 Å². The molecule has 0 radical (unpaired) electrons. The monoisotopic (exact) mass is 369 g/mol. The maximum atomic E-state index is 11.4. The minimum atomic E-state index is -1.80. The molecule has 0 aromatic heterocycles. The number of benzene rings is 1. The molecule has 116 valence electrons. The molecule has 0 bridgehead atoms. The lowest BCUT2D eigenvalue weighted by atomic mass is 10.3. The van der Waals surface area contributed by atoms with E-state index in [4.69, 9.17) is 47.0 Å². The summed E-state index contributed by atoms with van der Waals surface area (Å²) in [7, 11) is 0. The van der Waals surface area contributed by atoms with Crippen LogP contribution in [0.5, 0.6) is 5.75 Å². The molecular formula is C12H14Cl3N3O2S. The average molecular weight is 371 g/mol. The first-order valence-electron chi connectivity index (χ1n) is 5.95. The van der Waals surface area contributed by atoms with Gasteiger partial charge in [-0.15, -0.1) is 0 Å². The molecule has 0 saturated carbocycles. The number of nitrogens with one attached hydrogen (secondary N) is 3. The number of halogens is 3. The van der Waals surface area contributed by atoms with Gasteiger partial charge in [0.25, 0.3) is 0 Å². The molecular weight excluding hydrogens is 357 g/mol. The number of aromatic hydroxyl groups is 1. The number of carbonyl (C=O) groups excluding carboxylic acids is 1. The van der Waals surface area contributed by atoms with Gasteiger partial charge in [0, 0.05) is 6.42 Å². The number of para-hydroxylation sites is 2. The Morgan fingerprint density at radius 3 is 2.48 bits per heavy atom. The third-order valence-electron chi connectivity index (χ3n) is 2.38. The molecule has 21 heavy (non-hydrogen) atoms. The molecule has 1 aromatic carbocycles. The summed E-state index contributed by atoms with van der Waals surface area (Å²) in [6.07, 6.45) is -0.778. The lowest BCUT2D eigenvalue weighted by Crippen LogP contribution is -2.56. The van der Waals surface area contributed by atoms with E-state index in [-0.39, 0.29) is 23.2 Å². The summed E-state index contributed by atoms with van der Waals surface area (Å²) < 4.78 is -1.80. The van der Waals surface area contributed by atoms with Crippen LogP contribution in [0.3, 0.4) is 0 Å². The summed E-state index contributed by atoms with van der Waals surface area (Å²) in [6.45, 7) is 1.67. The number of thiocarbonyl (C=S) groups is 1. The van der Waals surface area contributed by atoms with E-state index < -0.39 is 9.96 Å². The Hall–Kier alpha value is -0.950. The number of rotatable bonds is 4. The standard InChI is InChI=1S/C12H14Cl3N3O2S/c1-2-9(20)17-10(12(13,14)15)18-11(21)16-7-5-3-4-6-8(7)19/h3-6,10,19H,2H2,1H3,(H,17,20)(H2,16,18,21). The van der Waals surface area contributed by atoms with Crippen molar-refractivity contribution in [2.75, 3.05) is 5.32 Å². The van der Waals surface area contributed by atoms with Crippen molar-refractivity contribution in [3.8, 4) is 5.75 Å². The summed E-state index contributed by atoms with van der Waals surface area (Å²) in [5, 5.41) is 17.7. The first-order chi connectivity index (χ1) is 9.74. The van der Waals surface area contributed by atoms with Gasteiger partial charge < -0.3 is 21.1 Å². The zero-order chi connectivity index (χ0) is 16.0. The summed E-state index contributed by atoms with van der Waals surface area (Å²) >= 11 is 22.5. The van der Waals surface area contributed by atoms with Crippen LogP contribution in [0.4, 0.5) is 5.69 Å². The number of phenols is 1. The quantitative estimate of drug-likeness (QED) is 0.284. The van der Waals surface area contributed by atoms with E-state index in [1.165, 1.54) is 6.07 Å². The highest BCUT2D eigenvalue weighted by Crippen LogP contribution is 2.29. The maximum Gasteiger partial charge on any atom is 0.228 e. The van der Waals surface area contributed by atoms with Gasteiger partial charge in [-0.05, 0) is 24.4 Å². The van der Waals surface area contributed by atoms with Crippen molar-refractivity contribution in [3.63, 3.8) is 0 Å². The summed E-state index contributed by atoms with van der Waals surface area (Å²) in [4.78, 5) is 11.4. The van der Waals surface area contributed by atoms with Gasteiger partial charge in [-0.3, -0.25) is 4.79 Å². The lowest BCUT2D eigenvalue weighted by Gasteiger charge is -2.27. The number of alkyl halides is 3. The van der Waals surface area contributed by atoms with Crippen LogP contribution in [0.25, 0.3) is 0 Å². The number of amides is 1. The molecule has 0 spiro atoms. The Bertz CT molecular complexity index is 523. The van der Waals surface area contributed by atoms with Crippen LogP contribution in [0.15, 0.2) is 24.3 Å². The molecule has 1 atom stereocenters. The first-order valence-corrected chi connectivity index (χ1v) is 7.49. The number of phenolic OH excluding ortho intramolecular Hbond substituents is 1. The van der Waals surface area contributed by atoms with Crippen LogP contribution in [0, 0.1) is 0 Å². The minimum Gasteiger partial charge on any atom is -0.506 e. The van der Waals surface area contributed by atoms with E-state index in [0.717, 1.165) is 0 Å². The highest BCUT2D eigenvalue weighted by Gasteiger charge is 2.34. The normalized spacial score (nSPS) is 12.4. The SMILES string of the molecule is CCC(=O)NC(NC(=S)Nc1ccccc1O)C(Cl)(Cl)Cl. The largest absolute Gasteiger partial charge is 0.506 e. The fourth-order valence-electron chi connectivity index (χ4n) is 1.33. The molecule has 0 fully saturated rings. The number of carbonyl (C=O) groups is 1. The Morgan fingerprint density at radius 1 is 1.33 bits per heavy atom. The van der Waals surface area contributed by atoms with Crippen molar-refractivity contribution in [1.29, 1.82) is 0 Å². The van der Waals surface area contributed by atoms with E-state index in [2.05, 4.69) is 16.0 Å². The first kappa shape index (κ1) is 18.1. The third-order valence-corrected chi connectivity index (χ3v) is 3.26. The molecule has 0 aliphatic heterocycles. The predicted octanol–water partition coefficient (Wildman–Crippen LogP) is 2.90. The van der Waals surface area contributed by atoms with E-state index in [1.54, 1.807) is 25.1 Å². The van der Waals surface area contributed by atoms with Gasteiger partial charge in [-0.1, -0.05) is 53.9 Å². The van der Waals surface area contributed by atoms with Crippen LogP contribution in [-0.2, 0) is 4.79 Å². The van der Waals surface area contributed by atoms with Gasteiger partial charge in [0.15, 0.2) is 5.11 Å². The molecule has 1 aromatic rings. The Balaban J connectivity index is 2.73. The van der Waals surface area contributed by atoms with Crippen LogP contribution in [0.1, 0.15) is 13.3 Å². The van der Waals surface area contributed by atoms with E-state index >= 15 is 0 Å². The molecule has 9 heteroatoms. The molecule has 0 heterocycles. The summed E-state index contributed by atoms with van der Waals surface area (Å²) in [6, 6.07) is 6.51. The average Bonchev–Trinajstić information content (AvgIpc) is 2.39. The Labute approximate surface area is 142 Å². The molecule has 1 amide bonds. The zero-order valence-electron chi connectivity index (χ0n) is 11.0. The fourth-order valence-corrected chi connectivity index (χ4v) is 1.89. The van der Waals surface area contributed by atoms with Crippen LogP contribution >= 0.6 is 47.0 Å². The highest BCUT2D eigenvalue weighted by molar-refractivity contribution is 7.80. The zero-order valence-corrected chi connectivity index (χ0v) is 14.1. The van der Waals surface area contributed by atoms with E-state index in [0.29, 0.717) is 5.69 Å².